The number of nitrogens with zero attached hydrogens (tertiary/aromatic N) is 3. The van der Waals surface area contributed by atoms with Gasteiger partial charge < -0.3 is 18.9 Å². The summed E-state index contributed by atoms with van der Waals surface area (Å²) in [6.07, 6.45) is 0. The van der Waals surface area contributed by atoms with Gasteiger partial charge in [0.2, 0.25) is 5.89 Å². The third-order valence-electron chi connectivity index (χ3n) is 12.6. The second kappa shape index (κ2) is 12.6. The molecule has 1 aliphatic rings. The van der Waals surface area contributed by atoms with Crippen molar-refractivity contribution >= 4 is 95.1 Å². The lowest BCUT2D eigenvalue weighted by Gasteiger charge is -2.25. The summed E-state index contributed by atoms with van der Waals surface area (Å²) in [7, 11) is 0.729. The van der Waals surface area contributed by atoms with Gasteiger partial charge in [-0.05, 0) is 95.5 Å². The van der Waals surface area contributed by atoms with E-state index in [4.69, 9.17) is 9.40 Å². The summed E-state index contributed by atoms with van der Waals surface area (Å²) in [6.45, 7) is 2.13. The number of para-hydroxylation sites is 3. The molecule has 3 aromatic heterocycles. The molecule has 1 aliphatic heterocycles. The van der Waals surface area contributed by atoms with Crippen LogP contribution in [0.3, 0.4) is 0 Å². The van der Waals surface area contributed by atoms with Gasteiger partial charge in [0.25, 0.3) is 0 Å². The summed E-state index contributed by atoms with van der Waals surface area (Å²) >= 11 is 0. The summed E-state index contributed by atoms with van der Waals surface area (Å²) in [5, 5.41) is 11.2. The van der Waals surface area contributed by atoms with E-state index in [0.717, 1.165) is 52.3 Å². The molecule has 13 rings (SSSR count). The third kappa shape index (κ3) is 4.85. The van der Waals surface area contributed by atoms with E-state index >= 15 is 0 Å². The van der Waals surface area contributed by atoms with Crippen LogP contribution < -0.4 is 16.2 Å². The fourth-order valence-electron chi connectivity index (χ4n) is 9.84. The topological polar surface area (TPSA) is 47.9 Å². The SMILES string of the molecule is Cc1ccc(Nc2ccccc2-c2cc(-n3c4ccccc4c4ccccc43)c3c4cc5ccccc5cc4n4c3c2Bc2cc3nc(-c5ccccc5)oc3cc2-4)cc1. The number of hydrogen-bond acceptors (Lipinski definition) is 3. The van der Waals surface area contributed by atoms with Gasteiger partial charge in [0.1, 0.15) is 5.52 Å². The van der Waals surface area contributed by atoms with Gasteiger partial charge in [0, 0.05) is 55.8 Å². The first-order valence-electron chi connectivity index (χ1n) is 20.6. The first-order valence-corrected chi connectivity index (χ1v) is 20.6. The van der Waals surface area contributed by atoms with Crippen molar-refractivity contribution in [3.8, 4) is 34.0 Å². The quantitative estimate of drug-likeness (QED) is 0.178. The molecular formula is C54H35BN4O. The number of nitrogens with one attached hydrogen (secondary N) is 1. The summed E-state index contributed by atoms with van der Waals surface area (Å²) in [5.41, 5.74) is 17.8. The largest absolute Gasteiger partial charge is 0.436 e. The van der Waals surface area contributed by atoms with E-state index in [9.17, 15) is 0 Å². The molecule has 0 bridgehead atoms. The van der Waals surface area contributed by atoms with Gasteiger partial charge in [-0.15, -0.1) is 0 Å². The fraction of sp³-hybridized carbons (Fsp3) is 0.0185. The molecule has 12 aromatic rings. The van der Waals surface area contributed by atoms with E-state index in [1.54, 1.807) is 0 Å². The van der Waals surface area contributed by atoms with Crippen LogP contribution in [-0.4, -0.2) is 21.4 Å². The average molecular weight is 767 g/mol. The highest BCUT2D eigenvalue weighted by atomic mass is 16.3. The Labute approximate surface area is 346 Å². The Kier molecular flexibility index (Phi) is 6.96. The zero-order valence-corrected chi connectivity index (χ0v) is 32.8. The number of rotatable bonds is 5. The van der Waals surface area contributed by atoms with E-state index in [2.05, 4.69) is 185 Å². The smallest absolute Gasteiger partial charge is 0.227 e. The maximum atomic E-state index is 6.58. The van der Waals surface area contributed by atoms with Crippen molar-refractivity contribution in [3.63, 3.8) is 0 Å². The zero-order valence-electron chi connectivity index (χ0n) is 32.8. The van der Waals surface area contributed by atoms with Crippen molar-refractivity contribution in [2.75, 3.05) is 5.32 Å². The Hall–Kier alpha value is -7.83. The van der Waals surface area contributed by atoms with Gasteiger partial charge in [-0.3, -0.25) is 0 Å². The molecule has 0 atom stereocenters. The molecule has 6 heteroatoms. The Balaban J connectivity index is 1.19. The van der Waals surface area contributed by atoms with Crippen molar-refractivity contribution in [3.05, 3.63) is 188 Å². The predicted molar refractivity (Wildman–Crippen MR) is 252 cm³/mol. The monoisotopic (exact) mass is 766 g/mol. The van der Waals surface area contributed by atoms with Crippen LogP contribution in [0.4, 0.5) is 11.4 Å². The summed E-state index contributed by atoms with van der Waals surface area (Å²) < 4.78 is 11.6. The van der Waals surface area contributed by atoms with Crippen LogP contribution in [0, 0.1) is 6.92 Å². The molecule has 0 unspecified atom stereocenters. The number of hydrogen-bond donors (Lipinski definition) is 1. The van der Waals surface area contributed by atoms with Crippen molar-refractivity contribution in [2.45, 2.75) is 6.92 Å². The second-order valence-corrected chi connectivity index (χ2v) is 16.1. The normalized spacial score (nSPS) is 12.2. The van der Waals surface area contributed by atoms with Gasteiger partial charge in [-0.25, -0.2) is 4.98 Å². The van der Waals surface area contributed by atoms with Gasteiger partial charge in [-0.2, -0.15) is 0 Å². The van der Waals surface area contributed by atoms with Crippen molar-refractivity contribution < 1.29 is 4.42 Å². The molecule has 9 aromatic carbocycles. The second-order valence-electron chi connectivity index (χ2n) is 16.1. The lowest BCUT2D eigenvalue weighted by atomic mass is 9.59. The first kappa shape index (κ1) is 33.2. The van der Waals surface area contributed by atoms with Crippen molar-refractivity contribution in [1.82, 2.24) is 14.1 Å². The molecule has 0 aliphatic carbocycles. The molecule has 0 radical (unpaired) electrons. The van der Waals surface area contributed by atoms with Gasteiger partial charge >= 0.3 is 0 Å². The summed E-state index contributed by atoms with van der Waals surface area (Å²) in [4.78, 5) is 5.05. The van der Waals surface area contributed by atoms with Crippen molar-refractivity contribution in [1.29, 1.82) is 0 Å². The molecule has 4 heterocycles. The van der Waals surface area contributed by atoms with E-state index < -0.39 is 0 Å². The predicted octanol–water partition coefficient (Wildman–Crippen LogP) is 12.3. The maximum absolute atomic E-state index is 6.58. The Bertz CT molecular complexity index is 3670. The van der Waals surface area contributed by atoms with E-state index in [0.29, 0.717) is 5.89 Å². The van der Waals surface area contributed by atoms with Crippen LogP contribution in [-0.2, 0) is 0 Å². The van der Waals surface area contributed by atoms with Gasteiger partial charge in [0.15, 0.2) is 12.9 Å². The molecule has 0 saturated carbocycles. The number of aromatic nitrogens is 3. The van der Waals surface area contributed by atoms with Crippen LogP contribution in [0.25, 0.3) is 99.4 Å². The highest BCUT2D eigenvalue weighted by molar-refractivity contribution is 6.74. The molecule has 60 heavy (non-hydrogen) atoms. The average Bonchev–Trinajstić information content (AvgIpc) is 3.97. The number of oxazole rings is 1. The standard InChI is InChI=1S/C54H35BN4O/c1-32-23-25-36(26-24-32)56-43-20-10-7-17-37(43)40-29-49(58-45-21-11-8-18-38(45)39-19-9-12-22-46(39)58)51-41-27-34-15-5-6-16-35(34)28-47(41)59-48-31-50-44(30-42(48)55-52(40)53(51)59)57-54(60-50)33-13-3-2-4-14-33/h2-31,55-56H,1H3. The zero-order chi connectivity index (χ0) is 39.5. The Morgan fingerprint density at radius 3 is 2.02 bits per heavy atom. The summed E-state index contributed by atoms with van der Waals surface area (Å²) in [5.74, 6) is 0.629. The Morgan fingerprint density at radius 1 is 0.550 bits per heavy atom. The third-order valence-corrected chi connectivity index (χ3v) is 12.6. The molecule has 0 spiro atoms. The van der Waals surface area contributed by atoms with Crippen LogP contribution in [0.2, 0.25) is 0 Å². The molecule has 0 fully saturated rings. The van der Waals surface area contributed by atoms with E-state index in [1.807, 2.05) is 18.2 Å². The van der Waals surface area contributed by atoms with Gasteiger partial charge in [-0.1, -0.05) is 120 Å². The van der Waals surface area contributed by atoms with E-state index in [1.165, 1.54) is 76.4 Å². The number of aryl methyl sites for hydroxylation is 1. The molecule has 5 nitrogen and oxygen atoms in total. The molecule has 0 amide bonds. The minimum atomic E-state index is 0.629. The molecule has 1 N–H and O–H groups in total. The minimum absolute atomic E-state index is 0.629. The molecule has 280 valence electrons. The number of benzene rings is 9. The maximum Gasteiger partial charge on any atom is 0.227 e. The molecular weight excluding hydrogens is 731 g/mol. The van der Waals surface area contributed by atoms with Crippen LogP contribution in [0.5, 0.6) is 0 Å². The summed E-state index contributed by atoms with van der Waals surface area (Å²) in [6, 6.07) is 65.7. The number of fused-ring (bicyclic) bond motifs is 10. The van der Waals surface area contributed by atoms with Gasteiger partial charge in [0.05, 0.1) is 27.8 Å². The first-order chi connectivity index (χ1) is 29.6. The fourth-order valence-corrected chi connectivity index (χ4v) is 9.84. The number of anilines is 2. The highest BCUT2D eigenvalue weighted by Crippen LogP contribution is 2.44. The lowest BCUT2D eigenvalue weighted by molar-refractivity contribution is 0.619. The van der Waals surface area contributed by atoms with Crippen LogP contribution in [0.15, 0.2) is 186 Å². The highest BCUT2D eigenvalue weighted by Gasteiger charge is 2.31. The van der Waals surface area contributed by atoms with Crippen molar-refractivity contribution in [2.24, 2.45) is 0 Å². The minimum Gasteiger partial charge on any atom is -0.436 e. The van der Waals surface area contributed by atoms with Crippen LogP contribution >= 0.6 is 0 Å². The lowest BCUT2D eigenvalue weighted by Crippen LogP contribution is -2.37. The molecule has 0 saturated heterocycles. The van der Waals surface area contributed by atoms with E-state index in [-0.39, 0.29) is 0 Å². The Morgan fingerprint density at radius 2 is 1.23 bits per heavy atom. The van der Waals surface area contributed by atoms with Crippen LogP contribution in [0.1, 0.15) is 5.56 Å².